The minimum atomic E-state index is -1.36. The Morgan fingerprint density at radius 2 is 2.35 bits per heavy atom. The standard InChI is InChI=1S/C11H8BrN3O4S/c12-7-1-2-20-9(7)5-14-10-3-6(11(16)17)8(4-13-10)15(18)19/h1-4H,5H2,(H,13,14)(H,16,17). The fraction of sp³-hybridized carbons (Fsp3) is 0.0909. The largest absolute Gasteiger partial charge is 0.477 e. The smallest absolute Gasteiger partial charge is 0.342 e. The number of halogens is 1. The molecule has 0 aliphatic heterocycles. The molecule has 2 aromatic heterocycles. The monoisotopic (exact) mass is 357 g/mol. The van der Waals surface area contributed by atoms with E-state index in [1.807, 2.05) is 11.4 Å². The van der Waals surface area contributed by atoms with E-state index in [0.717, 1.165) is 21.6 Å². The number of nitro groups is 1. The van der Waals surface area contributed by atoms with Crippen molar-refractivity contribution in [2.45, 2.75) is 6.54 Å². The Labute approximate surface area is 125 Å². The van der Waals surface area contributed by atoms with Crippen LogP contribution in [0.5, 0.6) is 0 Å². The summed E-state index contributed by atoms with van der Waals surface area (Å²) in [4.78, 5) is 25.8. The molecule has 2 rings (SSSR count). The van der Waals surface area contributed by atoms with E-state index in [2.05, 4.69) is 26.2 Å². The number of pyridine rings is 1. The third-order valence-electron chi connectivity index (χ3n) is 2.43. The lowest BCUT2D eigenvalue weighted by Crippen LogP contribution is -2.07. The van der Waals surface area contributed by atoms with Gasteiger partial charge in [-0.2, -0.15) is 0 Å². The van der Waals surface area contributed by atoms with Gasteiger partial charge in [-0.05, 0) is 27.4 Å². The molecule has 20 heavy (non-hydrogen) atoms. The van der Waals surface area contributed by atoms with Crippen molar-refractivity contribution in [2.24, 2.45) is 0 Å². The number of aromatic carboxylic acids is 1. The number of hydrogen-bond donors (Lipinski definition) is 2. The van der Waals surface area contributed by atoms with Crippen LogP contribution in [0.3, 0.4) is 0 Å². The maximum absolute atomic E-state index is 11.0. The van der Waals surface area contributed by atoms with E-state index < -0.39 is 22.1 Å². The Hall–Kier alpha value is -2.00. The fourth-order valence-corrected chi connectivity index (χ4v) is 2.92. The van der Waals surface area contributed by atoms with Gasteiger partial charge in [-0.3, -0.25) is 10.1 Å². The zero-order valence-corrected chi connectivity index (χ0v) is 12.3. The number of nitrogens with zero attached hydrogens (tertiary/aromatic N) is 2. The molecule has 0 atom stereocenters. The van der Waals surface area contributed by atoms with Crippen molar-refractivity contribution >= 4 is 44.7 Å². The van der Waals surface area contributed by atoms with Gasteiger partial charge in [0.25, 0.3) is 0 Å². The molecule has 0 unspecified atom stereocenters. The van der Waals surface area contributed by atoms with Gasteiger partial charge < -0.3 is 10.4 Å². The van der Waals surface area contributed by atoms with Gasteiger partial charge in [0.15, 0.2) is 0 Å². The first-order valence-corrected chi connectivity index (χ1v) is 6.99. The predicted molar refractivity (Wildman–Crippen MR) is 77.2 cm³/mol. The zero-order valence-electron chi connectivity index (χ0n) is 9.87. The molecule has 2 aromatic rings. The average Bonchev–Trinajstić information content (AvgIpc) is 2.81. The first-order valence-electron chi connectivity index (χ1n) is 5.32. The maximum Gasteiger partial charge on any atom is 0.342 e. The highest BCUT2D eigenvalue weighted by Gasteiger charge is 2.21. The predicted octanol–water partition coefficient (Wildman–Crippen LogP) is 3.12. The molecule has 0 saturated carbocycles. The third kappa shape index (κ3) is 3.11. The van der Waals surface area contributed by atoms with Gasteiger partial charge in [-0.15, -0.1) is 11.3 Å². The average molecular weight is 358 g/mol. The van der Waals surface area contributed by atoms with Crippen LogP contribution in [0.4, 0.5) is 11.5 Å². The van der Waals surface area contributed by atoms with E-state index in [0.29, 0.717) is 6.54 Å². The van der Waals surface area contributed by atoms with Crippen LogP contribution >= 0.6 is 27.3 Å². The van der Waals surface area contributed by atoms with E-state index in [9.17, 15) is 14.9 Å². The minimum absolute atomic E-state index is 0.272. The Kier molecular flexibility index (Phi) is 4.30. The molecule has 0 aromatic carbocycles. The quantitative estimate of drug-likeness (QED) is 0.628. The van der Waals surface area contributed by atoms with E-state index in [-0.39, 0.29) is 5.82 Å². The number of hydrogen-bond acceptors (Lipinski definition) is 6. The second kappa shape index (κ2) is 5.97. The maximum atomic E-state index is 11.0. The molecule has 9 heteroatoms. The lowest BCUT2D eigenvalue weighted by atomic mass is 10.2. The molecule has 0 saturated heterocycles. The molecular formula is C11H8BrN3O4S. The highest BCUT2D eigenvalue weighted by atomic mass is 79.9. The minimum Gasteiger partial charge on any atom is -0.477 e. The zero-order chi connectivity index (χ0) is 14.7. The number of aromatic nitrogens is 1. The lowest BCUT2D eigenvalue weighted by molar-refractivity contribution is -0.385. The summed E-state index contributed by atoms with van der Waals surface area (Å²) in [6.45, 7) is 0.447. The Bertz CT molecular complexity index is 673. The number of carboxylic acids is 1. The fourth-order valence-electron chi connectivity index (χ4n) is 1.48. The third-order valence-corrected chi connectivity index (χ3v) is 4.36. The summed E-state index contributed by atoms with van der Waals surface area (Å²) in [6, 6.07) is 3.05. The molecule has 2 N–H and O–H groups in total. The summed E-state index contributed by atoms with van der Waals surface area (Å²) in [5.41, 5.74) is -0.918. The molecule has 0 fully saturated rings. The van der Waals surface area contributed by atoms with Crippen LogP contribution in [-0.4, -0.2) is 21.0 Å². The highest BCUT2D eigenvalue weighted by Crippen LogP contribution is 2.24. The summed E-state index contributed by atoms with van der Waals surface area (Å²) in [5.74, 6) is -1.09. The summed E-state index contributed by atoms with van der Waals surface area (Å²) in [5, 5.41) is 24.5. The number of thiophene rings is 1. The van der Waals surface area contributed by atoms with E-state index in [1.54, 1.807) is 0 Å². The normalized spacial score (nSPS) is 10.2. The second-order valence-corrected chi connectivity index (χ2v) is 5.55. The summed E-state index contributed by atoms with van der Waals surface area (Å²) in [7, 11) is 0. The van der Waals surface area contributed by atoms with Crippen LogP contribution in [0.25, 0.3) is 0 Å². The van der Waals surface area contributed by atoms with Crippen molar-refractivity contribution in [3.63, 3.8) is 0 Å². The molecule has 0 aliphatic carbocycles. The molecule has 0 aliphatic rings. The number of carbonyl (C=O) groups is 1. The molecule has 2 heterocycles. The Morgan fingerprint density at radius 3 is 2.90 bits per heavy atom. The van der Waals surface area contributed by atoms with E-state index >= 15 is 0 Å². The van der Waals surface area contributed by atoms with Crippen LogP contribution in [0.15, 0.2) is 28.2 Å². The van der Waals surface area contributed by atoms with E-state index in [4.69, 9.17) is 5.11 Å². The van der Waals surface area contributed by atoms with Gasteiger partial charge in [-0.1, -0.05) is 0 Å². The number of rotatable bonds is 5. The number of nitrogens with one attached hydrogen (secondary N) is 1. The van der Waals surface area contributed by atoms with Crippen molar-refractivity contribution < 1.29 is 14.8 Å². The first kappa shape index (κ1) is 14.4. The summed E-state index contributed by atoms with van der Waals surface area (Å²) >= 11 is 4.90. The molecule has 0 amide bonds. The van der Waals surface area contributed by atoms with E-state index in [1.165, 1.54) is 11.3 Å². The molecule has 104 valence electrons. The van der Waals surface area contributed by atoms with Crippen LogP contribution in [0.2, 0.25) is 0 Å². The molecule has 7 nitrogen and oxygen atoms in total. The Morgan fingerprint density at radius 1 is 1.60 bits per heavy atom. The first-order chi connectivity index (χ1) is 9.49. The van der Waals surface area contributed by atoms with Gasteiger partial charge in [0.2, 0.25) is 0 Å². The van der Waals surface area contributed by atoms with Crippen molar-refractivity contribution in [3.8, 4) is 0 Å². The van der Waals surface area contributed by atoms with Crippen LogP contribution in [0.1, 0.15) is 15.2 Å². The SMILES string of the molecule is O=C(O)c1cc(NCc2sccc2Br)ncc1[N+](=O)[O-]. The Balaban J connectivity index is 2.21. The molecule has 0 bridgehead atoms. The number of anilines is 1. The van der Waals surface area contributed by atoms with Gasteiger partial charge in [0.1, 0.15) is 17.6 Å². The highest BCUT2D eigenvalue weighted by molar-refractivity contribution is 9.10. The summed E-state index contributed by atoms with van der Waals surface area (Å²) in [6.07, 6.45) is 0.940. The lowest BCUT2D eigenvalue weighted by Gasteiger charge is -2.05. The topological polar surface area (TPSA) is 105 Å². The number of carboxylic acid groups (broad SMARTS) is 1. The van der Waals surface area contributed by atoms with Gasteiger partial charge in [0, 0.05) is 15.4 Å². The molecule has 0 spiro atoms. The van der Waals surface area contributed by atoms with Crippen molar-refractivity contribution in [2.75, 3.05) is 5.32 Å². The van der Waals surface area contributed by atoms with Gasteiger partial charge in [0.05, 0.1) is 11.5 Å². The van der Waals surface area contributed by atoms with Gasteiger partial charge in [-0.25, -0.2) is 9.78 Å². The van der Waals surface area contributed by atoms with Crippen LogP contribution < -0.4 is 5.32 Å². The van der Waals surface area contributed by atoms with Crippen molar-refractivity contribution in [1.82, 2.24) is 4.98 Å². The van der Waals surface area contributed by atoms with Crippen LogP contribution in [0, 0.1) is 10.1 Å². The van der Waals surface area contributed by atoms with Crippen molar-refractivity contribution in [1.29, 1.82) is 0 Å². The molecular weight excluding hydrogens is 350 g/mol. The summed E-state index contributed by atoms with van der Waals surface area (Å²) < 4.78 is 0.940. The molecule has 0 radical (unpaired) electrons. The van der Waals surface area contributed by atoms with Crippen LogP contribution in [-0.2, 0) is 6.54 Å². The van der Waals surface area contributed by atoms with Gasteiger partial charge >= 0.3 is 11.7 Å². The van der Waals surface area contributed by atoms with Crippen molar-refractivity contribution in [3.05, 3.63) is 48.7 Å². The second-order valence-electron chi connectivity index (χ2n) is 3.69.